The van der Waals surface area contributed by atoms with Gasteiger partial charge in [0.15, 0.2) is 0 Å². The number of rotatable bonds is 5. The second-order valence-corrected chi connectivity index (χ2v) is 4.66. The Hall–Kier alpha value is -2.34. The number of nitrogens with zero attached hydrogens (tertiary/aromatic N) is 1. The second kappa shape index (κ2) is 5.11. The van der Waals surface area contributed by atoms with Gasteiger partial charge in [-0.3, -0.25) is 4.79 Å². The van der Waals surface area contributed by atoms with Crippen molar-refractivity contribution in [3.8, 4) is 0 Å². The van der Waals surface area contributed by atoms with Gasteiger partial charge >= 0.3 is 5.97 Å². The molecule has 0 aliphatic rings. The van der Waals surface area contributed by atoms with E-state index in [0.717, 1.165) is 11.3 Å². The number of aromatic nitrogens is 2. The van der Waals surface area contributed by atoms with Gasteiger partial charge in [0.05, 0.1) is 0 Å². The highest BCUT2D eigenvalue weighted by molar-refractivity contribution is 5.78. The van der Waals surface area contributed by atoms with E-state index in [1.54, 1.807) is 12.4 Å². The second-order valence-electron chi connectivity index (χ2n) is 4.66. The summed E-state index contributed by atoms with van der Waals surface area (Å²) in [5, 5.41) is 12.1. The van der Waals surface area contributed by atoms with Crippen LogP contribution in [0.1, 0.15) is 12.5 Å². The fraction of sp³-hybridized carbons (Fsp3) is 0.231. The quantitative estimate of drug-likeness (QED) is 0.652. The molecule has 0 spiro atoms. The molecule has 0 aliphatic heterocycles. The lowest BCUT2D eigenvalue weighted by atomic mass is 9.94. The normalized spacial score (nSPS) is 13.8. The smallest absolute Gasteiger partial charge is 0.323 e. The van der Waals surface area contributed by atoms with Crippen LogP contribution in [0.4, 0.5) is 11.6 Å². The summed E-state index contributed by atoms with van der Waals surface area (Å²) >= 11 is 0. The van der Waals surface area contributed by atoms with Crippen LogP contribution >= 0.6 is 0 Å². The van der Waals surface area contributed by atoms with Crippen LogP contribution in [0.2, 0.25) is 0 Å². The maximum Gasteiger partial charge on any atom is 0.323 e. The fourth-order valence-electron chi connectivity index (χ4n) is 1.68. The highest BCUT2D eigenvalue weighted by atomic mass is 16.4. The molecule has 0 bridgehead atoms. The molecule has 0 radical (unpaired) electrons. The Balaban J connectivity index is 2.04. The monoisotopic (exact) mass is 260 g/mol. The Morgan fingerprint density at radius 2 is 2.16 bits per heavy atom. The Morgan fingerprint density at radius 3 is 2.68 bits per heavy atom. The van der Waals surface area contributed by atoms with Crippen LogP contribution in [0.25, 0.3) is 0 Å². The summed E-state index contributed by atoms with van der Waals surface area (Å²) in [6, 6.07) is 7.41. The number of hydrogen-bond donors (Lipinski definition) is 4. The standard InChI is InChI=1S/C13H16N4O2/c1-13(14,11(18)19)8-9-2-4-10(5-3-9)17-12-15-6-7-16-12/h2-7H,8,14H2,1H3,(H,18,19)(H2,15,16,17). The van der Waals surface area contributed by atoms with Gasteiger partial charge in [-0.15, -0.1) is 0 Å². The van der Waals surface area contributed by atoms with Crippen LogP contribution < -0.4 is 11.1 Å². The Morgan fingerprint density at radius 1 is 1.47 bits per heavy atom. The van der Waals surface area contributed by atoms with E-state index in [1.807, 2.05) is 24.3 Å². The van der Waals surface area contributed by atoms with E-state index in [0.29, 0.717) is 5.95 Å². The molecule has 1 unspecified atom stereocenters. The van der Waals surface area contributed by atoms with E-state index in [-0.39, 0.29) is 6.42 Å². The van der Waals surface area contributed by atoms with Crippen molar-refractivity contribution < 1.29 is 9.90 Å². The van der Waals surface area contributed by atoms with Gasteiger partial charge in [-0.05, 0) is 24.6 Å². The largest absolute Gasteiger partial charge is 0.480 e. The van der Waals surface area contributed by atoms with Gasteiger partial charge in [-0.1, -0.05) is 12.1 Å². The minimum atomic E-state index is -1.25. The fourth-order valence-corrected chi connectivity index (χ4v) is 1.68. The first-order valence-electron chi connectivity index (χ1n) is 5.85. The number of nitrogens with one attached hydrogen (secondary N) is 2. The summed E-state index contributed by atoms with van der Waals surface area (Å²) in [6.45, 7) is 1.50. The molecular formula is C13H16N4O2. The van der Waals surface area contributed by atoms with Crippen molar-refractivity contribution in [2.24, 2.45) is 5.73 Å². The number of carbonyl (C=O) groups is 1. The SMILES string of the molecule is CC(N)(Cc1ccc(Nc2ncc[nH]2)cc1)C(=O)O. The Labute approximate surface area is 110 Å². The lowest BCUT2D eigenvalue weighted by Crippen LogP contribution is -2.46. The van der Waals surface area contributed by atoms with E-state index in [4.69, 9.17) is 10.8 Å². The molecule has 2 rings (SSSR count). The summed E-state index contributed by atoms with van der Waals surface area (Å²) in [6.07, 6.45) is 3.66. The van der Waals surface area contributed by atoms with E-state index < -0.39 is 11.5 Å². The predicted octanol–water partition coefficient (Wildman–Crippen LogP) is 1.50. The topological polar surface area (TPSA) is 104 Å². The van der Waals surface area contributed by atoms with Gasteiger partial charge in [-0.25, -0.2) is 4.98 Å². The molecule has 5 N–H and O–H groups in total. The van der Waals surface area contributed by atoms with Gasteiger partial charge in [0.25, 0.3) is 0 Å². The van der Waals surface area contributed by atoms with Gasteiger partial charge in [0.2, 0.25) is 5.95 Å². The third kappa shape index (κ3) is 3.32. The minimum Gasteiger partial charge on any atom is -0.480 e. The molecule has 2 aromatic rings. The molecule has 6 heteroatoms. The van der Waals surface area contributed by atoms with Crippen molar-refractivity contribution in [3.63, 3.8) is 0 Å². The summed E-state index contributed by atoms with van der Waals surface area (Å²) in [5.74, 6) is -0.354. The van der Waals surface area contributed by atoms with Crippen molar-refractivity contribution in [2.75, 3.05) is 5.32 Å². The highest BCUT2D eigenvalue weighted by Gasteiger charge is 2.27. The first-order valence-corrected chi connectivity index (χ1v) is 5.85. The molecule has 1 atom stereocenters. The zero-order valence-corrected chi connectivity index (χ0v) is 10.6. The number of anilines is 2. The van der Waals surface area contributed by atoms with Gasteiger partial charge in [-0.2, -0.15) is 0 Å². The molecule has 100 valence electrons. The van der Waals surface area contributed by atoms with Gasteiger partial charge < -0.3 is 21.1 Å². The molecule has 0 saturated carbocycles. The van der Waals surface area contributed by atoms with Crippen LogP contribution in [-0.4, -0.2) is 26.6 Å². The van der Waals surface area contributed by atoms with E-state index in [2.05, 4.69) is 15.3 Å². The summed E-state index contributed by atoms with van der Waals surface area (Å²) in [7, 11) is 0. The maximum absolute atomic E-state index is 11.0. The van der Waals surface area contributed by atoms with Crippen molar-refractivity contribution in [2.45, 2.75) is 18.9 Å². The van der Waals surface area contributed by atoms with E-state index in [1.165, 1.54) is 6.92 Å². The number of nitrogens with two attached hydrogens (primary N) is 1. The van der Waals surface area contributed by atoms with Crippen LogP contribution in [0.15, 0.2) is 36.7 Å². The van der Waals surface area contributed by atoms with Crippen molar-refractivity contribution in [1.82, 2.24) is 9.97 Å². The van der Waals surface area contributed by atoms with Gasteiger partial charge in [0, 0.05) is 24.5 Å². The third-order valence-electron chi connectivity index (χ3n) is 2.77. The molecule has 0 amide bonds. The summed E-state index contributed by atoms with van der Waals surface area (Å²) in [5.41, 5.74) is 6.20. The van der Waals surface area contributed by atoms with Gasteiger partial charge in [0.1, 0.15) is 5.54 Å². The molecular weight excluding hydrogens is 244 g/mol. The minimum absolute atomic E-state index is 0.281. The van der Waals surface area contributed by atoms with Crippen LogP contribution in [0, 0.1) is 0 Å². The highest BCUT2D eigenvalue weighted by Crippen LogP contribution is 2.16. The Bertz CT molecular complexity index is 547. The summed E-state index contributed by atoms with van der Waals surface area (Å²) in [4.78, 5) is 17.9. The number of carboxylic acids is 1. The molecule has 1 aromatic carbocycles. The van der Waals surface area contributed by atoms with Crippen molar-refractivity contribution in [3.05, 3.63) is 42.2 Å². The number of H-pyrrole nitrogens is 1. The van der Waals surface area contributed by atoms with Crippen LogP contribution in [-0.2, 0) is 11.2 Å². The number of hydrogen-bond acceptors (Lipinski definition) is 4. The zero-order valence-electron chi connectivity index (χ0n) is 10.6. The Kier molecular flexibility index (Phi) is 3.52. The number of aliphatic carboxylic acids is 1. The number of carboxylic acid groups (broad SMARTS) is 1. The van der Waals surface area contributed by atoms with Crippen molar-refractivity contribution in [1.29, 1.82) is 0 Å². The average Bonchev–Trinajstić information content (AvgIpc) is 2.84. The first-order chi connectivity index (χ1) is 8.97. The number of aromatic amines is 1. The molecule has 0 saturated heterocycles. The first kappa shape index (κ1) is 13.1. The molecule has 1 heterocycles. The number of benzene rings is 1. The average molecular weight is 260 g/mol. The van der Waals surface area contributed by atoms with Crippen LogP contribution in [0.5, 0.6) is 0 Å². The predicted molar refractivity (Wildman–Crippen MR) is 72.2 cm³/mol. The molecule has 0 fully saturated rings. The van der Waals surface area contributed by atoms with E-state index >= 15 is 0 Å². The van der Waals surface area contributed by atoms with E-state index in [9.17, 15) is 4.79 Å². The third-order valence-corrected chi connectivity index (χ3v) is 2.77. The number of imidazole rings is 1. The molecule has 1 aromatic heterocycles. The maximum atomic E-state index is 11.0. The lowest BCUT2D eigenvalue weighted by Gasteiger charge is -2.19. The molecule has 0 aliphatic carbocycles. The van der Waals surface area contributed by atoms with Crippen molar-refractivity contribution >= 4 is 17.6 Å². The lowest BCUT2D eigenvalue weighted by molar-refractivity contribution is -0.142. The zero-order chi connectivity index (χ0) is 13.9. The summed E-state index contributed by atoms with van der Waals surface area (Å²) < 4.78 is 0. The molecule has 19 heavy (non-hydrogen) atoms. The molecule has 6 nitrogen and oxygen atoms in total. The van der Waals surface area contributed by atoms with Crippen LogP contribution in [0.3, 0.4) is 0 Å².